The summed E-state index contributed by atoms with van der Waals surface area (Å²) in [6.45, 7) is 0. The minimum absolute atomic E-state index is 0.181. The van der Waals surface area contributed by atoms with Crippen LogP contribution < -0.4 is 0 Å². The highest BCUT2D eigenvalue weighted by molar-refractivity contribution is 6.29. The summed E-state index contributed by atoms with van der Waals surface area (Å²) in [7, 11) is 0. The number of aromatic amines is 1. The van der Waals surface area contributed by atoms with Crippen LogP contribution in [-0.4, -0.2) is 45.3 Å². The predicted octanol–water partition coefficient (Wildman–Crippen LogP) is 1.67. The van der Waals surface area contributed by atoms with Crippen LogP contribution in [0.3, 0.4) is 0 Å². The first-order chi connectivity index (χ1) is 10.1. The third-order valence-corrected chi connectivity index (χ3v) is 2.74. The molecule has 0 spiro atoms. The molecular formula is C10H6Cl2N8O. The van der Waals surface area contributed by atoms with E-state index in [4.69, 9.17) is 28.4 Å². The molecule has 0 radical (unpaired) electrons. The van der Waals surface area contributed by atoms with Crippen LogP contribution in [-0.2, 0) is 0 Å². The number of nitrogens with zero attached hydrogens (tertiary/aromatic N) is 7. The fraction of sp³-hybridized carbons (Fsp3) is 0. The van der Waals surface area contributed by atoms with Crippen LogP contribution in [0.2, 0.25) is 10.3 Å². The van der Waals surface area contributed by atoms with Crippen LogP contribution in [0.25, 0.3) is 22.7 Å². The van der Waals surface area contributed by atoms with Gasteiger partial charge in [0.05, 0.1) is 24.8 Å². The van der Waals surface area contributed by atoms with Gasteiger partial charge in [-0.15, -0.1) is 5.10 Å². The van der Waals surface area contributed by atoms with E-state index in [0.29, 0.717) is 22.3 Å². The highest BCUT2D eigenvalue weighted by Gasteiger charge is 2.11. The molecule has 106 valence electrons. The highest BCUT2D eigenvalue weighted by Crippen LogP contribution is 2.16. The van der Waals surface area contributed by atoms with Crippen molar-refractivity contribution in [1.82, 2.24) is 40.1 Å². The Hall–Kier alpha value is -2.52. The molecule has 2 aromatic rings. The molecule has 2 aliphatic heterocycles. The van der Waals surface area contributed by atoms with E-state index in [1.54, 1.807) is 6.20 Å². The maximum Gasteiger partial charge on any atom is 0.204 e. The molecule has 0 unspecified atom stereocenters. The lowest BCUT2D eigenvalue weighted by atomic mass is 10.4. The van der Waals surface area contributed by atoms with Crippen molar-refractivity contribution in [1.29, 1.82) is 0 Å². The molecule has 2 aliphatic rings. The quantitative estimate of drug-likeness (QED) is 0.472. The molecule has 2 aromatic heterocycles. The monoisotopic (exact) mass is 324 g/mol. The molecule has 0 aliphatic carbocycles. The molecule has 4 rings (SSSR count). The zero-order valence-corrected chi connectivity index (χ0v) is 11.7. The second kappa shape index (κ2) is 5.46. The standard InChI is InChI=1S/C5H3ClN4O.C5H3ClN4/c6-4-2-10(11)3-1-7-9-5(3)8-4;6-4-2-7-3-1-8-10-5(3)9-4/h1-2,11H;1-2H,(H,8,9,10). The average molecular weight is 325 g/mol. The molecule has 0 bridgehead atoms. The van der Waals surface area contributed by atoms with Crippen molar-refractivity contribution >= 4 is 34.4 Å². The lowest BCUT2D eigenvalue weighted by Crippen LogP contribution is -1.99. The second-order valence-electron chi connectivity index (χ2n) is 3.76. The molecule has 0 amide bonds. The summed E-state index contributed by atoms with van der Waals surface area (Å²) in [5, 5.41) is 23.3. The van der Waals surface area contributed by atoms with Gasteiger partial charge in [-0.25, -0.2) is 15.0 Å². The van der Waals surface area contributed by atoms with Gasteiger partial charge in [0.25, 0.3) is 0 Å². The van der Waals surface area contributed by atoms with Crippen molar-refractivity contribution in [2.75, 3.05) is 0 Å². The van der Waals surface area contributed by atoms with Crippen LogP contribution in [0.15, 0.2) is 24.8 Å². The number of rotatable bonds is 0. The number of H-pyrrole nitrogens is 1. The largest absolute Gasteiger partial charge is 0.428 e. The van der Waals surface area contributed by atoms with E-state index in [1.807, 2.05) is 0 Å². The maximum atomic E-state index is 9.15. The van der Waals surface area contributed by atoms with Crippen molar-refractivity contribution < 1.29 is 5.21 Å². The van der Waals surface area contributed by atoms with Crippen LogP contribution in [0.4, 0.5) is 0 Å². The molecule has 11 heteroatoms. The number of hydrogen-bond acceptors (Lipinski definition) is 7. The van der Waals surface area contributed by atoms with Gasteiger partial charge in [0, 0.05) is 0 Å². The lowest BCUT2D eigenvalue weighted by molar-refractivity contribution is 0.188. The average Bonchev–Trinajstić information content (AvgIpc) is 3.06. The Morgan fingerprint density at radius 2 is 1.95 bits per heavy atom. The van der Waals surface area contributed by atoms with Crippen molar-refractivity contribution in [2.45, 2.75) is 0 Å². The normalized spacial score (nSPS) is 10.6. The zero-order chi connectivity index (χ0) is 14.8. The third kappa shape index (κ3) is 2.83. The molecule has 9 nitrogen and oxygen atoms in total. The van der Waals surface area contributed by atoms with Crippen LogP contribution in [0.1, 0.15) is 0 Å². The Morgan fingerprint density at radius 1 is 1.10 bits per heavy atom. The van der Waals surface area contributed by atoms with Gasteiger partial charge in [-0.2, -0.15) is 14.9 Å². The van der Waals surface area contributed by atoms with Crippen molar-refractivity contribution in [3.05, 3.63) is 35.1 Å². The summed E-state index contributed by atoms with van der Waals surface area (Å²) < 4.78 is 0.838. The highest BCUT2D eigenvalue weighted by atomic mass is 35.5. The van der Waals surface area contributed by atoms with E-state index in [2.05, 4.69) is 35.3 Å². The van der Waals surface area contributed by atoms with Gasteiger partial charge in [-0.05, 0) is 0 Å². The number of halogens is 2. The van der Waals surface area contributed by atoms with Gasteiger partial charge < -0.3 is 5.21 Å². The third-order valence-electron chi connectivity index (χ3n) is 2.38. The van der Waals surface area contributed by atoms with E-state index in [-0.39, 0.29) is 5.15 Å². The van der Waals surface area contributed by atoms with E-state index in [0.717, 1.165) is 10.2 Å². The van der Waals surface area contributed by atoms with Gasteiger partial charge in [-0.3, -0.25) is 5.10 Å². The summed E-state index contributed by atoms with van der Waals surface area (Å²) in [6.07, 6.45) is 5.75. The Kier molecular flexibility index (Phi) is 3.50. The zero-order valence-electron chi connectivity index (χ0n) is 10.1. The first kappa shape index (κ1) is 13.5. The van der Waals surface area contributed by atoms with Crippen molar-refractivity contribution in [3.63, 3.8) is 0 Å². The Morgan fingerprint density at radius 3 is 2.81 bits per heavy atom. The van der Waals surface area contributed by atoms with Crippen LogP contribution in [0, 0.1) is 0 Å². The molecule has 2 N–H and O–H groups in total. The van der Waals surface area contributed by atoms with Crippen LogP contribution in [0.5, 0.6) is 0 Å². The summed E-state index contributed by atoms with van der Waals surface area (Å²) >= 11 is 11.1. The molecule has 0 fully saturated rings. The minimum atomic E-state index is 0.181. The Labute approximate surface area is 126 Å². The maximum absolute atomic E-state index is 9.15. The summed E-state index contributed by atoms with van der Waals surface area (Å²) in [5.74, 6) is 0.333. The lowest BCUT2D eigenvalue weighted by Gasteiger charge is -2.01. The number of hydrogen-bond donors (Lipinski definition) is 2. The molecule has 4 heterocycles. The predicted molar refractivity (Wildman–Crippen MR) is 73.3 cm³/mol. The molecule has 21 heavy (non-hydrogen) atoms. The number of fused-ring (bicyclic) bond motifs is 2. The number of nitrogens with one attached hydrogen (secondary N) is 1. The van der Waals surface area contributed by atoms with Gasteiger partial charge in [0.15, 0.2) is 10.8 Å². The van der Waals surface area contributed by atoms with E-state index < -0.39 is 0 Å². The molecule has 0 aromatic carbocycles. The Bertz CT molecular complexity index is 859. The first-order valence-corrected chi connectivity index (χ1v) is 6.26. The molecular weight excluding hydrogens is 319 g/mol. The summed E-state index contributed by atoms with van der Waals surface area (Å²) in [6, 6.07) is 0. The van der Waals surface area contributed by atoms with Gasteiger partial charge in [-0.1, -0.05) is 23.2 Å². The first-order valence-electron chi connectivity index (χ1n) is 5.50. The van der Waals surface area contributed by atoms with E-state index in [1.165, 1.54) is 18.6 Å². The van der Waals surface area contributed by atoms with Crippen molar-refractivity contribution in [3.8, 4) is 11.5 Å². The smallest absolute Gasteiger partial charge is 0.204 e. The van der Waals surface area contributed by atoms with Gasteiger partial charge in [0.2, 0.25) is 5.82 Å². The molecule has 0 atom stereocenters. The van der Waals surface area contributed by atoms with E-state index in [9.17, 15) is 0 Å². The summed E-state index contributed by atoms with van der Waals surface area (Å²) in [5.41, 5.74) is 1.78. The van der Waals surface area contributed by atoms with Gasteiger partial charge in [0.1, 0.15) is 16.4 Å². The fourth-order valence-electron chi connectivity index (χ4n) is 1.50. The SMILES string of the molecule is Clc1cnc2cn[nH]c2n1.On1cc(Cl)nc2nncc1-2. The molecule has 0 saturated heterocycles. The summed E-state index contributed by atoms with van der Waals surface area (Å²) in [4.78, 5) is 11.7. The second-order valence-corrected chi connectivity index (χ2v) is 4.53. The topological polar surface area (TPSA) is 118 Å². The van der Waals surface area contributed by atoms with Crippen LogP contribution >= 0.6 is 23.2 Å². The Balaban J connectivity index is 0.000000126. The fourth-order valence-corrected chi connectivity index (χ4v) is 1.80. The van der Waals surface area contributed by atoms with E-state index >= 15 is 0 Å². The van der Waals surface area contributed by atoms with Gasteiger partial charge >= 0.3 is 0 Å². The molecule has 0 saturated carbocycles. The van der Waals surface area contributed by atoms with Crippen molar-refractivity contribution in [2.24, 2.45) is 0 Å². The number of aromatic nitrogens is 8. The minimum Gasteiger partial charge on any atom is -0.428 e.